The third-order valence-electron chi connectivity index (χ3n) is 6.90. The molecule has 0 spiro atoms. The van der Waals surface area contributed by atoms with E-state index in [0.29, 0.717) is 45.0 Å². The van der Waals surface area contributed by atoms with E-state index < -0.39 is 0 Å². The van der Waals surface area contributed by atoms with Crippen molar-refractivity contribution in [2.75, 3.05) is 75.7 Å². The van der Waals surface area contributed by atoms with E-state index in [4.69, 9.17) is 0 Å². The fourth-order valence-corrected chi connectivity index (χ4v) is 4.58. The zero-order chi connectivity index (χ0) is 24.1. The Morgan fingerprint density at radius 2 is 1.47 bits per heavy atom. The number of nitrogens with zero attached hydrogens (tertiary/aromatic N) is 4. The molecule has 0 aromatic heterocycles. The number of aryl methyl sites for hydroxylation is 1. The minimum Gasteiger partial charge on any atom is -0.366 e. The third kappa shape index (κ3) is 5.93. The average molecular weight is 468 g/mol. The predicted octanol–water partition coefficient (Wildman–Crippen LogP) is 2.35. The summed E-state index contributed by atoms with van der Waals surface area (Å²) >= 11 is 0. The maximum Gasteiger partial charge on any atom is 0.238 e. The van der Waals surface area contributed by atoms with E-state index in [9.17, 15) is 14.0 Å². The molecule has 1 N–H and O–H groups in total. The highest BCUT2D eigenvalue weighted by Crippen LogP contribution is 2.20. The monoisotopic (exact) mass is 467 g/mol. The summed E-state index contributed by atoms with van der Waals surface area (Å²) in [6.45, 7) is 10.3. The number of benzene rings is 2. The predicted molar refractivity (Wildman–Crippen MR) is 133 cm³/mol. The molecule has 2 aliphatic rings. The highest BCUT2D eigenvalue weighted by atomic mass is 19.1. The second-order valence-electron chi connectivity index (χ2n) is 9.17. The molecule has 7 nitrogen and oxygen atoms in total. The molecule has 2 aromatic rings. The summed E-state index contributed by atoms with van der Waals surface area (Å²) in [7, 11) is 0. The summed E-state index contributed by atoms with van der Waals surface area (Å²) < 4.78 is 14.0. The van der Waals surface area contributed by atoms with Crippen molar-refractivity contribution in [1.29, 1.82) is 0 Å². The molecule has 0 saturated carbocycles. The Balaban J connectivity index is 1.18. The van der Waals surface area contributed by atoms with E-state index in [1.807, 2.05) is 47.9 Å². The van der Waals surface area contributed by atoms with Crippen molar-refractivity contribution in [3.63, 3.8) is 0 Å². The van der Waals surface area contributed by atoms with Crippen molar-refractivity contribution in [3.05, 3.63) is 59.4 Å². The van der Waals surface area contributed by atoms with Crippen LogP contribution in [0.4, 0.5) is 15.8 Å². The van der Waals surface area contributed by atoms with Gasteiger partial charge in [-0.05, 0) is 43.2 Å². The molecule has 2 heterocycles. The number of amides is 2. The second kappa shape index (κ2) is 11.0. The number of hydrogen-bond acceptors (Lipinski definition) is 5. The molecule has 2 saturated heterocycles. The Morgan fingerprint density at radius 3 is 2.15 bits per heavy atom. The fourth-order valence-electron chi connectivity index (χ4n) is 4.58. The Morgan fingerprint density at radius 1 is 0.824 bits per heavy atom. The number of halogens is 1. The number of carbonyl (C=O) groups is 2. The number of para-hydroxylation sites is 1. The summed E-state index contributed by atoms with van der Waals surface area (Å²) in [5.41, 5.74) is 3.72. The standard InChI is InChI=1S/C26H34FN5O2/c1-20-6-5-8-23(21(20)2)28-25(33)18-29-10-12-30(13-11-29)19-26(34)32-16-14-31(15-17-32)24-9-4-3-7-22(24)27/h3-9H,10-19H2,1-2H3,(H,28,33). The fraction of sp³-hybridized carbons (Fsp3) is 0.462. The maximum absolute atomic E-state index is 14.0. The Bertz CT molecular complexity index is 1010. The normalized spacial score (nSPS) is 17.6. The molecule has 2 aliphatic heterocycles. The number of rotatable bonds is 6. The molecule has 0 radical (unpaired) electrons. The van der Waals surface area contributed by atoms with Gasteiger partial charge in [-0.2, -0.15) is 0 Å². The van der Waals surface area contributed by atoms with Crippen LogP contribution in [0.5, 0.6) is 0 Å². The number of carbonyl (C=O) groups excluding carboxylic acids is 2. The van der Waals surface area contributed by atoms with Crippen molar-refractivity contribution >= 4 is 23.2 Å². The van der Waals surface area contributed by atoms with Crippen molar-refractivity contribution < 1.29 is 14.0 Å². The van der Waals surface area contributed by atoms with Crippen LogP contribution in [0.25, 0.3) is 0 Å². The highest BCUT2D eigenvalue weighted by Gasteiger charge is 2.26. The summed E-state index contributed by atoms with van der Waals surface area (Å²) in [5, 5.41) is 3.02. The number of hydrogen-bond donors (Lipinski definition) is 1. The Hall–Kier alpha value is -2.97. The van der Waals surface area contributed by atoms with Gasteiger partial charge < -0.3 is 15.1 Å². The molecule has 0 bridgehead atoms. The lowest BCUT2D eigenvalue weighted by molar-refractivity contribution is -0.133. The van der Waals surface area contributed by atoms with Crippen LogP contribution in [0.3, 0.4) is 0 Å². The minimum atomic E-state index is -0.220. The molecule has 34 heavy (non-hydrogen) atoms. The van der Waals surface area contributed by atoms with Crippen molar-refractivity contribution in [2.45, 2.75) is 13.8 Å². The van der Waals surface area contributed by atoms with Crippen LogP contribution >= 0.6 is 0 Å². The third-order valence-corrected chi connectivity index (χ3v) is 6.90. The molecule has 0 atom stereocenters. The van der Waals surface area contributed by atoms with Gasteiger partial charge >= 0.3 is 0 Å². The first-order chi connectivity index (χ1) is 16.4. The van der Waals surface area contributed by atoms with Gasteiger partial charge in [0.05, 0.1) is 18.8 Å². The van der Waals surface area contributed by atoms with E-state index >= 15 is 0 Å². The van der Waals surface area contributed by atoms with E-state index in [-0.39, 0.29) is 17.6 Å². The van der Waals surface area contributed by atoms with E-state index in [1.165, 1.54) is 6.07 Å². The zero-order valence-corrected chi connectivity index (χ0v) is 20.1. The van der Waals surface area contributed by atoms with Crippen LogP contribution in [0.15, 0.2) is 42.5 Å². The zero-order valence-electron chi connectivity index (χ0n) is 20.1. The summed E-state index contributed by atoms with van der Waals surface area (Å²) in [5.74, 6) is -0.108. The van der Waals surface area contributed by atoms with Crippen molar-refractivity contribution in [3.8, 4) is 0 Å². The first-order valence-electron chi connectivity index (χ1n) is 12.0. The van der Waals surface area contributed by atoms with E-state index in [0.717, 1.165) is 43.0 Å². The van der Waals surface area contributed by atoms with E-state index in [1.54, 1.807) is 12.1 Å². The molecule has 0 aliphatic carbocycles. The smallest absolute Gasteiger partial charge is 0.238 e. The van der Waals surface area contributed by atoms with Crippen LogP contribution in [-0.4, -0.2) is 92.0 Å². The second-order valence-corrected chi connectivity index (χ2v) is 9.17. The minimum absolute atomic E-state index is 0.00838. The lowest BCUT2D eigenvalue weighted by Gasteiger charge is -2.38. The van der Waals surface area contributed by atoms with Gasteiger partial charge in [-0.15, -0.1) is 0 Å². The molecular formula is C26H34FN5O2. The van der Waals surface area contributed by atoms with Crippen molar-refractivity contribution in [1.82, 2.24) is 14.7 Å². The van der Waals surface area contributed by atoms with Gasteiger partial charge in [-0.3, -0.25) is 19.4 Å². The van der Waals surface area contributed by atoms with Crippen LogP contribution in [0, 0.1) is 19.7 Å². The van der Waals surface area contributed by atoms with E-state index in [2.05, 4.69) is 15.1 Å². The van der Waals surface area contributed by atoms with Gasteiger partial charge in [-0.1, -0.05) is 24.3 Å². The van der Waals surface area contributed by atoms with Gasteiger partial charge in [-0.25, -0.2) is 4.39 Å². The van der Waals surface area contributed by atoms with Gasteiger partial charge in [0.1, 0.15) is 5.82 Å². The Labute approximate surface area is 201 Å². The number of anilines is 2. The molecule has 4 rings (SSSR count). The number of nitrogens with one attached hydrogen (secondary N) is 1. The molecule has 0 unspecified atom stereocenters. The summed E-state index contributed by atoms with van der Waals surface area (Å²) in [4.78, 5) is 33.5. The quantitative estimate of drug-likeness (QED) is 0.707. The SMILES string of the molecule is Cc1cccc(NC(=O)CN2CCN(CC(=O)N3CCN(c4ccccc4F)CC3)CC2)c1C. The van der Waals surface area contributed by atoms with Crippen LogP contribution in [0.1, 0.15) is 11.1 Å². The first kappa shape index (κ1) is 24.2. The van der Waals surface area contributed by atoms with Gasteiger partial charge in [0.25, 0.3) is 0 Å². The van der Waals surface area contributed by atoms with Crippen LogP contribution < -0.4 is 10.2 Å². The lowest BCUT2D eigenvalue weighted by atomic mass is 10.1. The maximum atomic E-state index is 14.0. The molecular weight excluding hydrogens is 433 g/mol. The first-order valence-corrected chi connectivity index (χ1v) is 12.0. The molecule has 8 heteroatoms. The lowest BCUT2D eigenvalue weighted by Crippen LogP contribution is -2.54. The largest absolute Gasteiger partial charge is 0.366 e. The van der Waals surface area contributed by atoms with Crippen LogP contribution in [-0.2, 0) is 9.59 Å². The average Bonchev–Trinajstić information content (AvgIpc) is 2.84. The molecule has 2 aromatic carbocycles. The van der Waals surface area contributed by atoms with Crippen molar-refractivity contribution in [2.24, 2.45) is 0 Å². The summed E-state index contributed by atoms with van der Waals surface area (Å²) in [6.07, 6.45) is 0. The Kier molecular flexibility index (Phi) is 7.80. The van der Waals surface area contributed by atoms with Gasteiger partial charge in [0, 0.05) is 58.0 Å². The number of piperazine rings is 2. The topological polar surface area (TPSA) is 59.1 Å². The van der Waals surface area contributed by atoms with Gasteiger partial charge in [0.15, 0.2) is 0 Å². The highest BCUT2D eigenvalue weighted by molar-refractivity contribution is 5.93. The van der Waals surface area contributed by atoms with Gasteiger partial charge in [0.2, 0.25) is 11.8 Å². The molecule has 182 valence electrons. The molecule has 2 amide bonds. The van der Waals surface area contributed by atoms with Crippen LogP contribution in [0.2, 0.25) is 0 Å². The summed E-state index contributed by atoms with van der Waals surface area (Å²) in [6, 6.07) is 12.7. The molecule has 2 fully saturated rings.